The van der Waals surface area contributed by atoms with Gasteiger partial charge in [0.05, 0.1) is 12.6 Å². The Kier molecular flexibility index (Phi) is 10.9. The molecule has 0 saturated heterocycles. The highest BCUT2D eigenvalue weighted by atomic mass is 19.3. The Morgan fingerprint density at radius 2 is 1.45 bits per heavy atom. The molecule has 1 aliphatic carbocycles. The molecule has 0 aliphatic heterocycles. The highest BCUT2D eigenvalue weighted by Crippen LogP contribution is 2.34. The van der Waals surface area contributed by atoms with Gasteiger partial charge in [-0.3, -0.25) is 4.79 Å². The van der Waals surface area contributed by atoms with Crippen LogP contribution in [0.1, 0.15) is 82.8 Å². The number of aliphatic hydroxyl groups is 1. The first-order valence-corrected chi connectivity index (χ1v) is 14.2. The Bertz CT molecular complexity index is 1450. The standard InChI is InChI=1S/C32H33F4N3O5/c33-24-14-23(27(34)29(35)36)15-25(16-24)38-32(44)39-28(20-8-6-19(7-9-20)18-4-2-1-3-5-18)21-10-12-22(13-11-21)30(41)37-17-26(40)31(42)43/h6-16,18,26-29,40H,1-5,17H2,(H,37,41)(H,42,43)(H2,38,39,44). The monoisotopic (exact) mass is 615 g/mol. The van der Waals surface area contributed by atoms with Crippen LogP contribution in [0.25, 0.3) is 0 Å². The number of hydrogen-bond donors (Lipinski definition) is 5. The number of urea groups is 1. The second kappa shape index (κ2) is 14.8. The number of carboxylic acid groups (broad SMARTS) is 1. The molecule has 12 heteroatoms. The van der Waals surface area contributed by atoms with Crippen molar-refractivity contribution in [3.63, 3.8) is 0 Å². The van der Waals surface area contributed by atoms with E-state index in [0.717, 1.165) is 37.8 Å². The van der Waals surface area contributed by atoms with Crippen molar-refractivity contribution in [2.45, 2.75) is 62.8 Å². The van der Waals surface area contributed by atoms with Crippen LogP contribution in [-0.2, 0) is 4.79 Å². The van der Waals surface area contributed by atoms with E-state index in [4.69, 9.17) is 5.11 Å². The van der Waals surface area contributed by atoms with E-state index in [0.29, 0.717) is 23.1 Å². The van der Waals surface area contributed by atoms with Gasteiger partial charge in [-0.15, -0.1) is 0 Å². The lowest BCUT2D eigenvalue weighted by Crippen LogP contribution is -2.36. The number of nitrogens with one attached hydrogen (secondary N) is 3. The number of carbonyl (C=O) groups is 3. The Morgan fingerprint density at radius 1 is 0.841 bits per heavy atom. The summed E-state index contributed by atoms with van der Waals surface area (Å²) in [5, 5.41) is 25.7. The van der Waals surface area contributed by atoms with E-state index in [1.54, 1.807) is 12.1 Å². The van der Waals surface area contributed by atoms with Gasteiger partial charge in [-0.2, -0.15) is 0 Å². The summed E-state index contributed by atoms with van der Waals surface area (Å²) in [5.74, 6) is -2.65. The lowest BCUT2D eigenvalue weighted by Gasteiger charge is -2.24. The average molecular weight is 616 g/mol. The maximum atomic E-state index is 14.1. The minimum absolute atomic E-state index is 0.175. The van der Waals surface area contributed by atoms with Crippen molar-refractivity contribution in [3.8, 4) is 0 Å². The zero-order valence-electron chi connectivity index (χ0n) is 23.6. The van der Waals surface area contributed by atoms with Crippen LogP contribution in [0.15, 0.2) is 66.7 Å². The fourth-order valence-corrected chi connectivity index (χ4v) is 5.25. The second-order valence-electron chi connectivity index (χ2n) is 10.7. The van der Waals surface area contributed by atoms with Crippen LogP contribution in [-0.4, -0.2) is 47.2 Å². The Labute approximate surface area is 251 Å². The largest absolute Gasteiger partial charge is 0.479 e. The third kappa shape index (κ3) is 8.56. The number of carboxylic acids is 1. The molecule has 1 aliphatic rings. The highest BCUT2D eigenvalue weighted by Gasteiger charge is 2.24. The van der Waals surface area contributed by atoms with Crippen LogP contribution in [0.3, 0.4) is 0 Å². The molecule has 0 spiro atoms. The van der Waals surface area contributed by atoms with Gasteiger partial charge in [-0.1, -0.05) is 55.7 Å². The molecule has 3 unspecified atom stereocenters. The minimum atomic E-state index is -3.37. The maximum absolute atomic E-state index is 14.1. The van der Waals surface area contributed by atoms with Crippen LogP contribution in [0.5, 0.6) is 0 Å². The Morgan fingerprint density at radius 3 is 2.05 bits per heavy atom. The number of aliphatic hydroxyl groups excluding tert-OH is 1. The van der Waals surface area contributed by atoms with Crippen molar-refractivity contribution in [1.29, 1.82) is 0 Å². The number of benzene rings is 3. The molecule has 0 bridgehead atoms. The summed E-state index contributed by atoms with van der Waals surface area (Å²) >= 11 is 0. The SMILES string of the molecule is O=C(Nc1cc(F)cc(C(F)C(F)F)c1)NC(c1ccc(C(=O)NCC(O)C(=O)O)cc1)c1ccc(C2CCCCC2)cc1. The quantitative estimate of drug-likeness (QED) is 0.163. The van der Waals surface area contributed by atoms with Crippen LogP contribution in [0, 0.1) is 5.82 Å². The number of hydrogen-bond acceptors (Lipinski definition) is 4. The number of anilines is 1. The van der Waals surface area contributed by atoms with Gasteiger partial charge in [0, 0.05) is 11.3 Å². The third-order valence-electron chi connectivity index (χ3n) is 7.59. The molecule has 44 heavy (non-hydrogen) atoms. The average Bonchev–Trinajstić information content (AvgIpc) is 3.02. The summed E-state index contributed by atoms with van der Waals surface area (Å²) in [5.41, 5.74) is 1.75. The fraction of sp³-hybridized carbons (Fsp3) is 0.344. The number of halogens is 4. The lowest BCUT2D eigenvalue weighted by molar-refractivity contribution is -0.146. The predicted molar refractivity (Wildman–Crippen MR) is 155 cm³/mol. The Balaban J connectivity index is 1.56. The van der Waals surface area contributed by atoms with Crippen molar-refractivity contribution < 1.29 is 42.2 Å². The normalized spacial score (nSPS) is 15.7. The van der Waals surface area contributed by atoms with E-state index in [1.165, 1.54) is 24.1 Å². The zero-order chi connectivity index (χ0) is 31.8. The molecule has 8 nitrogen and oxygen atoms in total. The molecular formula is C32H33F4N3O5. The third-order valence-corrected chi connectivity index (χ3v) is 7.59. The van der Waals surface area contributed by atoms with Gasteiger partial charge in [-0.05, 0) is 71.3 Å². The molecule has 5 N–H and O–H groups in total. The molecule has 1 fully saturated rings. The molecule has 234 valence electrons. The predicted octanol–water partition coefficient (Wildman–Crippen LogP) is 6.24. The van der Waals surface area contributed by atoms with Crippen LogP contribution in [0.4, 0.5) is 28.0 Å². The summed E-state index contributed by atoms with van der Waals surface area (Å²) in [4.78, 5) is 36.3. The summed E-state index contributed by atoms with van der Waals surface area (Å²) < 4.78 is 53.7. The molecule has 3 aromatic rings. The van der Waals surface area contributed by atoms with Gasteiger partial charge >= 0.3 is 12.0 Å². The summed E-state index contributed by atoms with van der Waals surface area (Å²) in [6.07, 6.45) is -2.14. The molecule has 0 heterocycles. The molecule has 3 aromatic carbocycles. The van der Waals surface area contributed by atoms with Gasteiger partial charge in [-0.25, -0.2) is 27.2 Å². The highest BCUT2D eigenvalue weighted by molar-refractivity contribution is 5.94. The van der Waals surface area contributed by atoms with E-state index in [9.17, 15) is 37.1 Å². The summed E-state index contributed by atoms with van der Waals surface area (Å²) in [7, 11) is 0. The van der Waals surface area contributed by atoms with Gasteiger partial charge in [0.1, 0.15) is 5.82 Å². The summed E-state index contributed by atoms with van der Waals surface area (Å²) in [6, 6.07) is 14.7. The number of alkyl halides is 3. The van der Waals surface area contributed by atoms with Gasteiger partial charge in [0.15, 0.2) is 12.3 Å². The smallest absolute Gasteiger partial charge is 0.334 e. The number of carbonyl (C=O) groups excluding carboxylic acids is 2. The molecule has 3 amide bonds. The fourth-order valence-electron chi connectivity index (χ4n) is 5.25. The van der Waals surface area contributed by atoms with Crippen molar-refractivity contribution in [2.24, 2.45) is 0 Å². The van der Waals surface area contributed by atoms with Gasteiger partial charge in [0.2, 0.25) is 0 Å². The van der Waals surface area contributed by atoms with E-state index in [1.807, 2.05) is 24.3 Å². The van der Waals surface area contributed by atoms with Crippen LogP contribution in [0.2, 0.25) is 0 Å². The first-order chi connectivity index (χ1) is 21.0. The first-order valence-electron chi connectivity index (χ1n) is 14.2. The van der Waals surface area contributed by atoms with Crippen LogP contribution < -0.4 is 16.0 Å². The van der Waals surface area contributed by atoms with Gasteiger partial charge < -0.3 is 26.2 Å². The first kappa shape index (κ1) is 32.5. The maximum Gasteiger partial charge on any atom is 0.334 e. The zero-order valence-corrected chi connectivity index (χ0v) is 23.6. The molecule has 3 atom stereocenters. The minimum Gasteiger partial charge on any atom is -0.479 e. The molecule has 4 rings (SSSR count). The molecule has 1 saturated carbocycles. The van der Waals surface area contributed by atoms with Crippen molar-refractivity contribution in [3.05, 3.63) is 100 Å². The van der Waals surface area contributed by atoms with Crippen molar-refractivity contribution in [1.82, 2.24) is 10.6 Å². The van der Waals surface area contributed by atoms with E-state index < -0.39 is 60.6 Å². The number of rotatable bonds is 11. The molecular weight excluding hydrogens is 582 g/mol. The van der Waals surface area contributed by atoms with Gasteiger partial charge in [0.25, 0.3) is 12.3 Å². The van der Waals surface area contributed by atoms with Crippen LogP contribution >= 0.6 is 0 Å². The topological polar surface area (TPSA) is 128 Å². The summed E-state index contributed by atoms with van der Waals surface area (Å²) in [6.45, 7) is -0.490. The van der Waals surface area contributed by atoms with E-state index in [2.05, 4.69) is 16.0 Å². The van der Waals surface area contributed by atoms with Crippen molar-refractivity contribution in [2.75, 3.05) is 11.9 Å². The Hall–Kier alpha value is -4.45. The van der Waals surface area contributed by atoms with E-state index in [-0.39, 0.29) is 11.3 Å². The lowest BCUT2D eigenvalue weighted by atomic mass is 9.83. The second-order valence-corrected chi connectivity index (χ2v) is 10.7. The van der Waals surface area contributed by atoms with E-state index >= 15 is 0 Å². The molecule has 0 radical (unpaired) electrons. The number of amides is 3. The molecule has 0 aromatic heterocycles. The number of aliphatic carboxylic acids is 1. The van der Waals surface area contributed by atoms with Crippen molar-refractivity contribution >= 4 is 23.6 Å².